The third-order valence-electron chi connectivity index (χ3n) is 4.02. The van der Waals surface area contributed by atoms with Crippen molar-refractivity contribution in [3.8, 4) is 0 Å². The van der Waals surface area contributed by atoms with E-state index in [4.69, 9.17) is 0 Å². The Labute approximate surface area is 118 Å². The summed E-state index contributed by atoms with van der Waals surface area (Å²) < 4.78 is 0. The lowest BCUT2D eigenvalue weighted by Crippen LogP contribution is -2.52. The van der Waals surface area contributed by atoms with E-state index in [-0.39, 0.29) is 11.4 Å². The fourth-order valence-electron chi connectivity index (χ4n) is 2.74. The van der Waals surface area contributed by atoms with Gasteiger partial charge in [-0.15, -0.1) is 0 Å². The largest absolute Gasteiger partial charge is 0.347 e. The smallest absolute Gasteiger partial charge is 0.252 e. The Kier molecular flexibility index (Phi) is 3.40. The van der Waals surface area contributed by atoms with Gasteiger partial charge in [-0.1, -0.05) is 18.2 Å². The molecule has 2 heterocycles. The molecule has 3 rings (SSSR count). The minimum atomic E-state index is -0.118. The Balaban J connectivity index is 1.89. The molecule has 0 unspecified atom stereocenters. The molecule has 0 spiro atoms. The number of fused-ring (bicyclic) bond motifs is 1. The van der Waals surface area contributed by atoms with E-state index in [9.17, 15) is 4.79 Å². The first kappa shape index (κ1) is 13.1. The number of pyridine rings is 1. The number of nitrogens with one attached hydrogen (secondary N) is 2. The fourth-order valence-corrected chi connectivity index (χ4v) is 2.74. The van der Waals surface area contributed by atoms with Crippen LogP contribution >= 0.6 is 0 Å². The molecule has 0 aliphatic carbocycles. The Bertz CT molecular complexity index is 627. The van der Waals surface area contributed by atoms with Crippen molar-refractivity contribution in [1.82, 2.24) is 15.6 Å². The number of carbonyl (C=O) groups excluding carboxylic acids is 1. The molecular weight excluding hydrogens is 250 g/mol. The molecule has 1 aliphatic heterocycles. The molecule has 104 valence electrons. The fraction of sp³-hybridized carbons (Fsp3) is 0.375. The Morgan fingerprint density at radius 2 is 2.00 bits per heavy atom. The average molecular weight is 269 g/mol. The van der Waals surface area contributed by atoms with Gasteiger partial charge in [0, 0.05) is 17.1 Å². The Morgan fingerprint density at radius 1 is 1.25 bits per heavy atom. The summed E-state index contributed by atoms with van der Waals surface area (Å²) in [6.07, 6.45) is 3.62. The number of para-hydroxylation sites is 1. The molecule has 1 amide bonds. The van der Waals surface area contributed by atoms with Gasteiger partial charge in [0.25, 0.3) is 5.91 Å². The van der Waals surface area contributed by atoms with Crippen molar-refractivity contribution < 1.29 is 4.79 Å². The Hall–Kier alpha value is -1.94. The van der Waals surface area contributed by atoms with Crippen molar-refractivity contribution in [3.05, 3.63) is 42.1 Å². The molecule has 1 aliphatic rings. The molecule has 4 heteroatoms. The van der Waals surface area contributed by atoms with E-state index < -0.39 is 0 Å². The zero-order valence-electron chi connectivity index (χ0n) is 11.6. The van der Waals surface area contributed by atoms with Crippen LogP contribution in [-0.2, 0) is 0 Å². The van der Waals surface area contributed by atoms with Gasteiger partial charge in [-0.25, -0.2) is 0 Å². The molecule has 0 bridgehead atoms. The molecule has 0 atom stereocenters. The quantitative estimate of drug-likeness (QED) is 0.878. The third-order valence-corrected chi connectivity index (χ3v) is 4.02. The van der Waals surface area contributed by atoms with Crippen LogP contribution in [0.3, 0.4) is 0 Å². The maximum atomic E-state index is 12.6. The summed E-state index contributed by atoms with van der Waals surface area (Å²) in [6.45, 7) is 4.02. The highest BCUT2D eigenvalue weighted by molar-refractivity contribution is 6.06. The summed E-state index contributed by atoms with van der Waals surface area (Å²) in [5.74, 6) is -0.00648. The summed E-state index contributed by atoms with van der Waals surface area (Å²) >= 11 is 0. The molecule has 1 aromatic carbocycles. The van der Waals surface area contributed by atoms with E-state index in [1.54, 1.807) is 12.3 Å². The monoisotopic (exact) mass is 269 g/mol. The lowest BCUT2D eigenvalue weighted by Gasteiger charge is -2.35. The van der Waals surface area contributed by atoms with Crippen LogP contribution in [0.15, 0.2) is 36.5 Å². The van der Waals surface area contributed by atoms with Crippen molar-refractivity contribution in [2.75, 3.05) is 13.1 Å². The van der Waals surface area contributed by atoms with Crippen LogP contribution in [0, 0.1) is 0 Å². The van der Waals surface area contributed by atoms with Crippen LogP contribution in [0.2, 0.25) is 0 Å². The first-order valence-electron chi connectivity index (χ1n) is 7.05. The number of aromatic nitrogens is 1. The van der Waals surface area contributed by atoms with Crippen molar-refractivity contribution >= 4 is 16.8 Å². The molecule has 20 heavy (non-hydrogen) atoms. The zero-order valence-corrected chi connectivity index (χ0v) is 11.6. The van der Waals surface area contributed by atoms with Crippen LogP contribution in [0.1, 0.15) is 30.1 Å². The number of hydrogen-bond donors (Lipinski definition) is 2. The molecular formula is C16H19N3O. The predicted octanol–water partition coefficient (Wildman–Crippen LogP) is 2.11. The molecule has 0 saturated carbocycles. The van der Waals surface area contributed by atoms with E-state index in [2.05, 4.69) is 22.5 Å². The lowest BCUT2D eigenvalue weighted by atomic mass is 9.90. The van der Waals surface area contributed by atoms with Gasteiger partial charge in [-0.05, 0) is 45.0 Å². The highest BCUT2D eigenvalue weighted by Gasteiger charge is 2.29. The van der Waals surface area contributed by atoms with Crippen LogP contribution in [0.25, 0.3) is 10.9 Å². The van der Waals surface area contributed by atoms with Gasteiger partial charge >= 0.3 is 0 Å². The first-order valence-corrected chi connectivity index (χ1v) is 7.05. The molecule has 2 N–H and O–H groups in total. The Morgan fingerprint density at radius 3 is 2.80 bits per heavy atom. The highest BCUT2D eigenvalue weighted by Crippen LogP contribution is 2.20. The number of benzene rings is 1. The van der Waals surface area contributed by atoms with Gasteiger partial charge < -0.3 is 10.6 Å². The van der Waals surface area contributed by atoms with Crippen molar-refractivity contribution in [2.24, 2.45) is 0 Å². The normalized spacial score (nSPS) is 17.9. The van der Waals surface area contributed by atoms with E-state index in [0.717, 1.165) is 36.8 Å². The maximum absolute atomic E-state index is 12.6. The highest BCUT2D eigenvalue weighted by atomic mass is 16.1. The maximum Gasteiger partial charge on any atom is 0.252 e. The number of rotatable bonds is 2. The van der Waals surface area contributed by atoms with Crippen LogP contribution in [0.5, 0.6) is 0 Å². The van der Waals surface area contributed by atoms with Crippen molar-refractivity contribution in [2.45, 2.75) is 25.3 Å². The van der Waals surface area contributed by atoms with Gasteiger partial charge in [-0.3, -0.25) is 9.78 Å². The van der Waals surface area contributed by atoms with E-state index >= 15 is 0 Å². The second-order valence-electron chi connectivity index (χ2n) is 5.64. The summed E-state index contributed by atoms with van der Waals surface area (Å²) in [4.78, 5) is 16.9. The average Bonchev–Trinajstić information content (AvgIpc) is 2.47. The number of piperidine rings is 1. The molecule has 1 aromatic heterocycles. The topological polar surface area (TPSA) is 54.0 Å². The van der Waals surface area contributed by atoms with Gasteiger partial charge in [0.15, 0.2) is 0 Å². The van der Waals surface area contributed by atoms with E-state index in [1.165, 1.54) is 0 Å². The molecule has 4 nitrogen and oxygen atoms in total. The van der Waals surface area contributed by atoms with Crippen molar-refractivity contribution in [3.63, 3.8) is 0 Å². The van der Waals surface area contributed by atoms with Gasteiger partial charge in [0.1, 0.15) is 0 Å². The van der Waals surface area contributed by atoms with E-state index in [1.807, 2.05) is 24.3 Å². The predicted molar refractivity (Wildman–Crippen MR) is 79.7 cm³/mol. The first-order chi connectivity index (χ1) is 9.68. The minimum Gasteiger partial charge on any atom is -0.347 e. The molecule has 1 fully saturated rings. The number of carbonyl (C=O) groups is 1. The SMILES string of the molecule is CC1(NC(=O)c2ccnc3ccccc23)CCNCC1. The van der Waals surface area contributed by atoms with Crippen LogP contribution in [0.4, 0.5) is 0 Å². The van der Waals surface area contributed by atoms with Crippen LogP contribution < -0.4 is 10.6 Å². The summed E-state index contributed by atoms with van der Waals surface area (Å²) in [7, 11) is 0. The second kappa shape index (κ2) is 5.21. The minimum absolute atomic E-state index is 0.00648. The van der Waals surface area contributed by atoms with E-state index in [0.29, 0.717) is 5.56 Å². The number of hydrogen-bond acceptors (Lipinski definition) is 3. The summed E-state index contributed by atoms with van der Waals surface area (Å²) in [5.41, 5.74) is 1.44. The summed E-state index contributed by atoms with van der Waals surface area (Å²) in [5, 5.41) is 7.43. The number of nitrogens with zero attached hydrogens (tertiary/aromatic N) is 1. The molecule has 1 saturated heterocycles. The van der Waals surface area contributed by atoms with Crippen LogP contribution in [-0.4, -0.2) is 29.5 Å². The summed E-state index contributed by atoms with van der Waals surface area (Å²) in [6, 6.07) is 9.54. The zero-order chi connectivity index (χ0) is 14.0. The molecule has 2 aromatic rings. The molecule has 0 radical (unpaired) electrons. The standard InChI is InChI=1S/C16H19N3O/c1-16(7-10-17-11-8-16)19-15(20)13-6-9-18-14-5-3-2-4-12(13)14/h2-6,9,17H,7-8,10-11H2,1H3,(H,19,20). The van der Waals surface area contributed by atoms with Gasteiger partial charge in [0.2, 0.25) is 0 Å². The third kappa shape index (κ3) is 2.51. The van der Waals surface area contributed by atoms with Crippen molar-refractivity contribution in [1.29, 1.82) is 0 Å². The second-order valence-corrected chi connectivity index (χ2v) is 5.64. The van der Waals surface area contributed by atoms with Gasteiger partial charge in [-0.2, -0.15) is 0 Å². The lowest BCUT2D eigenvalue weighted by molar-refractivity contribution is 0.0889. The number of amides is 1. The van der Waals surface area contributed by atoms with Gasteiger partial charge in [0.05, 0.1) is 11.1 Å².